The highest BCUT2D eigenvalue weighted by molar-refractivity contribution is 6.18. The molecule has 28 heavy (non-hydrogen) atoms. The Kier molecular flexibility index (Phi) is 4.04. The highest BCUT2D eigenvalue weighted by atomic mass is 16.3. The van der Waals surface area contributed by atoms with E-state index >= 15 is 0 Å². The molecular formula is C22H16O6. The maximum absolute atomic E-state index is 13.2. The Morgan fingerprint density at radius 1 is 0.750 bits per heavy atom. The number of carbonyl (C=O) groups is 2. The molecule has 1 aliphatic carbocycles. The summed E-state index contributed by atoms with van der Waals surface area (Å²) >= 11 is 0. The third-order valence-corrected chi connectivity index (χ3v) is 4.97. The Morgan fingerprint density at radius 3 is 1.86 bits per heavy atom. The molecule has 140 valence electrons. The molecule has 3 aromatic carbocycles. The van der Waals surface area contributed by atoms with Crippen LogP contribution in [-0.2, 0) is 11.2 Å². The Balaban J connectivity index is 1.85. The van der Waals surface area contributed by atoms with E-state index in [9.17, 15) is 30.0 Å². The molecule has 4 N–H and O–H groups in total. The molecule has 0 aromatic heterocycles. The second-order valence-corrected chi connectivity index (χ2v) is 6.71. The summed E-state index contributed by atoms with van der Waals surface area (Å²) in [6, 6.07) is 13.2. The molecule has 6 heteroatoms. The molecule has 6 nitrogen and oxygen atoms in total. The van der Waals surface area contributed by atoms with Gasteiger partial charge in [-0.15, -0.1) is 0 Å². The van der Waals surface area contributed by atoms with Crippen molar-refractivity contribution in [1.82, 2.24) is 0 Å². The van der Waals surface area contributed by atoms with E-state index in [-0.39, 0.29) is 46.3 Å². The lowest BCUT2D eigenvalue weighted by atomic mass is 9.74. The zero-order chi connectivity index (χ0) is 20.0. The molecule has 0 radical (unpaired) electrons. The first kappa shape index (κ1) is 17.6. The largest absolute Gasteiger partial charge is 0.507 e. The average molecular weight is 376 g/mol. The monoisotopic (exact) mass is 376 g/mol. The number of hydrogen-bond acceptors (Lipinski definition) is 6. The van der Waals surface area contributed by atoms with Crippen molar-refractivity contribution in [1.29, 1.82) is 0 Å². The fraction of sp³-hybridized carbons (Fsp3) is 0.0909. The van der Waals surface area contributed by atoms with Crippen LogP contribution in [-0.4, -0.2) is 32.0 Å². The number of Topliss-reactive ketones (excluding diaryl/α,β-unsaturated/α-hetero) is 1. The summed E-state index contributed by atoms with van der Waals surface area (Å²) in [5, 5.41) is 39.6. The fourth-order valence-corrected chi connectivity index (χ4v) is 3.71. The van der Waals surface area contributed by atoms with Crippen molar-refractivity contribution in [3.05, 3.63) is 82.4 Å². The summed E-state index contributed by atoms with van der Waals surface area (Å²) in [4.78, 5) is 26.1. The molecule has 0 atom stereocenters. The summed E-state index contributed by atoms with van der Waals surface area (Å²) in [6.45, 7) is 0. The number of carbonyl (C=O) groups excluding carboxylic acids is 2. The van der Waals surface area contributed by atoms with E-state index in [1.807, 2.05) is 0 Å². The molecule has 0 heterocycles. The van der Waals surface area contributed by atoms with Gasteiger partial charge in [-0.05, 0) is 41.0 Å². The predicted octanol–water partition coefficient (Wildman–Crippen LogP) is 3.00. The van der Waals surface area contributed by atoms with E-state index in [2.05, 4.69) is 0 Å². The molecule has 0 aliphatic heterocycles. The summed E-state index contributed by atoms with van der Waals surface area (Å²) < 4.78 is 0. The van der Waals surface area contributed by atoms with E-state index in [4.69, 9.17) is 0 Å². The summed E-state index contributed by atoms with van der Waals surface area (Å²) in [6.07, 6.45) is -0.0725. The lowest BCUT2D eigenvalue weighted by molar-refractivity contribution is -0.119. The molecule has 4 rings (SSSR count). The zero-order valence-corrected chi connectivity index (χ0v) is 14.6. The third kappa shape index (κ3) is 2.66. The number of benzene rings is 3. The molecular weight excluding hydrogens is 360 g/mol. The van der Waals surface area contributed by atoms with Gasteiger partial charge in [0.2, 0.25) is 5.78 Å². The van der Waals surface area contributed by atoms with E-state index in [0.717, 1.165) is 0 Å². The van der Waals surface area contributed by atoms with Crippen molar-refractivity contribution in [2.75, 3.05) is 0 Å². The normalized spacial score (nSPS) is 13.1. The van der Waals surface area contributed by atoms with E-state index in [1.165, 1.54) is 30.3 Å². The predicted molar refractivity (Wildman–Crippen MR) is 100.0 cm³/mol. The second kappa shape index (κ2) is 6.42. The highest BCUT2D eigenvalue weighted by Crippen LogP contribution is 2.43. The molecule has 3 aromatic rings. The molecule has 0 saturated heterocycles. The third-order valence-electron chi connectivity index (χ3n) is 4.97. The molecule has 0 unspecified atom stereocenters. The standard InChI is InChI=1S/C22H16O6/c23-14-8-7-11(9-17(14)26)10-18(27)19-12-3-1-5-15(24)20(12)22(28)21-13(19)4-2-6-16(21)25/h1-9,19,23-26H,10H2. The highest BCUT2D eigenvalue weighted by Gasteiger charge is 2.38. The van der Waals surface area contributed by atoms with Crippen molar-refractivity contribution in [2.24, 2.45) is 0 Å². The van der Waals surface area contributed by atoms with Gasteiger partial charge in [0.15, 0.2) is 11.5 Å². The maximum atomic E-state index is 13.2. The minimum absolute atomic E-state index is 0.00315. The first-order valence-electron chi connectivity index (χ1n) is 8.60. The van der Waals surface area contributed by atoms with Crippen LogP contribution in [0.4, 0.5) is 0 Å². The van der Waals surface area contributed by atoms with Gasteiger partial charge in [0.1, 0.15) is 17.3 Å². The smallest absolute Gasteiger partial charge is 0.201 e. The van der Waals surface area contributed by atoms with Gasteiger partial charge in [-0.1, -0.05) is 30.3 Å². The van der Waals surface area contributed by atoms with Crippen LogP contribution < -0.4 is 0 Å². The van der Waals surface area contributed by atoms with E-state index in [0.29, 0.717) is 16.7 Å². The number of hydrogen-bond donors (Lipinski definition) is 4. The number of fused-ring (bicyclic) bond motifs is 2. The Bertz CT molecular complexity index is 1080. The van der Waals surface area contributed by atoms with Crippen LogP contribution in [0.1, 0.15) is 38.5 Å². The minimum atomic E-state index is -0.863. The van der Waals surface area contributed by atoms with Crippen molar-refractivity contribution >= 4 is 11.6 Å². The lowest BCUT2D eigenvalue weighted by Gasteiger charge is -2.27. The minimum Gasteiger partial charge on any atom is -0.507 e. The first-order valence-corrected chi connectivity index (χ1v) is 8.60. The van der Waals surface area contributed by atoms with Crippen molar-refractivity contribution in [3.8, 4) is 23.0 Å². The van der Waals surface area contributed by atoms with Gasteiger partial charge in [0, 0.05) is 6.42 Å². The van der Waals surface area contributed by atoms with Crippen molar-refractivity contribution < 1.29 is 30.0 Å². The Labute approximate surface area is 159 Å². The Hall–Kier alpha value is -3.80. The summed E-state index contributed by atoms with van der Waals surface area (Å²) in [5.41, 5.74) is 1.24. The quantitative estimate of drug-likeness (QED) is 0.523. The van der Waals surface area contributed by atoms with Gasteiger partial charge in [-0.3, -0.25) is 9.59 Å². The number of aromatic hydroxyl groups is 4. The van der Waals surface area contributed by atoms with Gasteiger partial charge < -0.3 is 20.4 Å². The molecule has 0 fully saturated rings. The van der Waals surface area contributed by atoms with Crippen LogP contribution in [0.5, 0.6) is 23.0 Å². The zero-order valence-electron chi connectivity index (χ0n) is 14.6. The SMILES string of the molecule is O=C1c2c(O)cccc2C(C(=O)Cc2ccc(O)c(O)c2)c2cccc(O)c21. The fourth-order valence-electron chi connectivity index (χ4n) is 3.71. The summed E-state index contributed by atoms with van der Waals surface area (Å²) in [7, 11) is 0. The molecule has 0 saturated carbocycles. The van der Waals surface area contributed by atoms with Gasteiger partial charge in [-0.2, -0.15) is 0 Å². The number of phenolic OH excluding ortho intramolecular Hbond substituents is 4. The second-order valence-electron chi connectivity index (χ2n) is 6.71. The van der Waals surface area contributed by atoms with Gasteiger partial charge in [-0.25, -0.2) is 0 Å². The first-order chi connectivity index (χ1) is 13.4. The molecule has 0 bridgehead atoms. The average Bonchev–Trinajstić information content (AvgIpc) is 2.65. The Morgan fingerprint density at radius 2 is 1.32 bits per heavy atom. The molecule has 0 amide bonds. The van der Waals surface area contributed by atoms with Gasteiger partial charge >= 0.3 is 0 Å². The number of ketones is 2. The van der Waals surface area contributed by atoms with Gasteiger partial charge in [0.25, 0.3) is 0 Å². The topological polar surface area (TPSA) is 115 Å². The lowest BCUT2D eigenvalue weighted by Crippen LogP contribution is -2.26. The van der Waals surface area contributed by atoms with Crippen LogP contribution in [0.15, 0.2) is 54.6 Å². The molecule has 1 aliphatic rings. The number of phenols is 4. The van der Waals surface area contributed by atoms with Gasteiger partial charge in [0.05, 0.1) is 17.0 Å². The van der Waals surface area contributed by atoms with Crippen LogP contribution in [0, 0.1) is 0 Å². The van der Waals surface area contributed by atoms with E-state index in [1.54, 1.807) is 24.3 Å². The van der Waals surface area contributed by atoms with Crippen LogP contribution in [0.25, 0.3) is 0 Å². The maximum Gasteiger partial charge on any atom is 0.201 e. The molecule has 0 spiro atoms. The van der Waals surface area contributed by atoms with Crippen molar-refractivity contribution in [3.63, 3.8) is 0 Å². The van der Waals surface area contributed by atoms with Crippen LogP contribution >= 0.6 is 0 Å². The van der Waals surface area contributed by atoms with Crippen LogP contribution in [0.2, 0.25) is 0 Å². The number of rotatable bonds is 3. The van der Waals surface area contributed by atoms with Crippen LogP contribution in [0.3, 0.4) is 0 Å². The van der Waals surface area contributed by atoms with E-state index < -0.39 is 11.7 Å². The summed E-state index contributed by atoms with van der Waals surface area (Å²) in [5.74, 6) is -2.81. The van der Waals surface area contributed by atoms with Crippen molar-refractivity contribution in [2.45, 2.75) is 12.3 Å².